The van der Waals surface area contributed by atoms with Crippen molar-refractivity contribution in [2.45, 2.75) is 18.5 Å². The van der Waals surface area contributed by atoms with Crippen LogP contribution in [0.1, 0.15) is 0 Å². The first kappa shape index (κ1) is 15.6. The molecular formula is C6H7F6INO2-. The average molecular weight is 366 g/mol. The molecule has 0 aliphatic carbocycles. The Labute approximate surface area is 97.3 Å². The first-order chi connectivity index (χ1) is 7.00. The van der Waals surface area contributed by atoms with Crippen molar-refractivity contribution >= 4 is 6.09 Å². The molecule has 1 amide bonds. The van der Waals surface area contributed by atoms with Crippen molar-refractivity contribution in [3.63, 3.8) is 0 Å². The fourth-order valence-electron chi connectivity index (χ4n) is 0.562. The SMILES string of the molecule is C[I-]N(C)C(=O)OC(C(F)(F)F)C(F)(F)F. The van der Waals surface area contributed by atoms with E-state index >= 15 is 0 Å². The predicted octanol–water partition coefficient (Wildman–Crippen LogP) is -0.818. The van der Waals surface area contributed by atoms with Gasteiger partial charge in [-0.25, -0.2) is 0 Å². The monoisotopic (exact) mass is 366 g/mol. The summed E-state index contributed by atoms with van der Waals surface area (Å²) in [5, 5.41) is 0. The van der Waals surface area contributed by atoms with E-state index in [2.05, 4.69) is 4.74 Å². The number of amides is 1. The van der Waals surface area contributed by atoms with Crippen molar-refractivity contribution in [3.8, 4) is 0 Å². The molecular weight excluding hydrogens is 359 g/mol. The minimum absolute atomic E-state index is 0.698. The van der Waals surface area contributed by atoms with Gasteiger partial charge < -0.3 is 0 Å². The standard InChI is InChI=1S/C6H7F6INO2/c1-13-14(2)4(15)16-3(5(7,8)9)6(10,11)12/h3H,1-2H3/q-1. The zero-order valence-electron chi connectivity index (χ0n) is 7.99. The Hall–Kier alpha value is -0.420. The Morgan fingerprint density at radius 2 is 1.56 bits per heavy atom. The molecule has 0 saturated carbocycles. The van der Waals surface area contributed by atoms with Gasteiger partial charge in [-0.05, 0) is 0 Å². The Balaban J connectivity index is 4.78. The van der Waals surface area contributed by atoms with Crippen LogP contribution < -0.4 is 21.5 Å². The van der Waals surface area contributed by atoms with Gasteiger partial charge in [-0.15, -0.1) is 0 Å². The molecule has 0 spiro atoms. The summed E-state index contributed by atoms with van der Waals surface area (Å²) < 4.78 is 75.7. The van der Waals surface area contributed by atoms with Gasteiger partial charge in [-0.2, -0.15) is 0 Å². The molecule has 0 radical (unpaired) electrons. The van der Waals surface area contributed by atoms with Crippen molar-refractivity contribution in [1.29, 1.82) is 0 Å². The van der Waals surface area contributed by atoms with Crippen LogP contribution in [0.15, 0.2) is 0 Å². The third-order valence-corrected chi connectivity index (χ3v) is 3.16. The summed E-state index contributed by atoms with van der Waals surface area (Å²) in [4.78, 5) is 12.3. The molecule has 0 unspecified atom stereocenters. The Bertz CT molecular complexity index is 238. The van der Waals surface area contributed by atoms with Gasteiger partial charge in [-0.3, -0.25) is 0 Å². The second-order valence-electron chi connectivity index (χ2n) is 2.49. The van der Waals surface area contributed by atoms with Gasteiger partial charge in [0, 0.05) is 0 Å². The predicted molar refractivity (Wildman–Crippen MR) is 36.1 cm³/mol. The zero-order chi connectivity index (χ0) is 13.1. The van der Waals surface area contributed by atoms with Crippen molar-refractivity contribution in [1.82, 2.24) is 3.11 Å². The number of hydrogen-bond acceptors (Lipinski definition) is 2. The second-order valence-corrected chi connectivity index (χ2v) is 4.91. The molecule has 10 heteroatoms. The van der Waals surface area contributed by atoms with Crippen LogP contribution in [0.3, 0.4) is 0 Å². The Morgan fingerprint density at radius 3 is 1.81 bits per heavy atom. The van der Waals surface area contributed by atoms with Crippen LogP contribution in [-0.2, 0) is 4.74 Å². The molecule has 0 aliphatic heterocycles. The molecule has 0 aliphatic rings. The summed E-state index contributed by atoms with van der Waals surface area (Å²) in [5.74, 6) is 0. The van der Waals surface area contributed by atoms with E-state index < -0.39 is 46.0 Å². The molecule has 0 bridgehead atoms. The molecule has 0 saturated heterocycles. The van der Waals surface area contributed by atoms with Crippen molar-refractivity contribution in [2.24, 2.45) is 0 Å². The van der Waals surface area contributed by atoms with Crippen LogP contribution in [0, 0.1) is 0 Å². The van der Waals surface area contributed by atoms with Gasteiger partial charge >= 0.3 is 97.0 Å². The molecule has 0 aromatic carbocycles. The van der Waals surface area contributed by atoms with Crippen LogP contribution in [0.4, 0.5) is 31.1 Å². The fraction of sp³-hybridized carbons (Fsp3) is 0.833. The molecule has 0 aromatic heterocycles. The number of halogens is 7. The Kier molecular flexibility index (Phi) is 5.14. The molecule has 0 atom stereocenters. The van der Waals surface area contributed by atoms with E-state index in [-0.39, 0.29) is 0 Å². The zero-order valence-corrected chi connectivity index (χ0v) is 10.1. The van der Waals surface area contributed by atoms with Gasteiger partial charge in [-0.1, -0.05) is 0 Å². The van der Waals surface area contributed by atoms with E-state index in [1.807, 2.05) is 0 Å². The third kappa shape index (κ3) is 4.61. The maximum atomic E-state index is 11.9. The summed E-state index contributed by atoms with van der Waals surface area (Å²) in [5.41, 5.74) is 0. The van der Waals surface area contributed by atoms with Crippen LogP contribution in [0.5, 0.6) is 0 Å². The summed E-state index contributed by atoms with van der Waals surface area (Å²) in [6.07, 6.45) is -17.0. The molecule has 16 heavy (non-hydrogen) atoms. The van der Waals surface area contributed by atoms with Gasteiger partial charge in [0.25, 0.3) is 0 Å². The molecule has 0 N–H and O–H groups in total. The summed E-state index contributed by atoms with van der Waals surface area (Å²) >= 11 is -0.977. The molecule has 0 rings (SSSR count). The maximum absolute atomic E-state index is 11.9. The molecule has 98 valence electrons. The van der Waals surface area contributed by atoms with E-state index in [0.29, 0.717) is 3.11 Å². The molecule has 3 nitrogen and oxygen atoms in total. The number of alkyl halides is 7. The summed E-state index contributed by atoms with van der Waals surface area (Å²) in [6.45, 7) is 0. The van der Waals surface area contributed by atoms with Gasteiger partial charge in [0.05, 0.1) is 0 Å². The number of rotatable bonds is 2. The van der Waals surface area contributed by atoms with Crippen LogP contribution in [-0.4, -0.2) is 39.6 Å². The second kappa shape index (κ2) is 5.27. The van der Waals surface area contributed by atoms with Gasteiger partial charge in [0.1, 0.15) is 0 Å². The van der Waals surface area contributed by atoms with Crippen molar-refractivity contribution < 1.29 is 57.4 Å². The number of hydrogen-bond donors (Lipinski definition) is 0. The quantitative estimate of drug-likeness (QED) is 0.277. The van der Waals surface area contributed by atoms with E-state index in [1.165, 1.54) is 4.93 Å². The number of nitrogens with zero attached hydrogens (tertiary/aromatic N) is 1. The molecule has 0 heterocycles. The number of ether oxygens (including phenoxy) is 1. The molecule has 0 fully saturated rings. The number of carbonyl (C=O) groups is 1. The van der Waals surface area contributed by atoms with E-state index in [1.54, 1.807) is 0 Å². The van der Waals surface area contributed by atoms with E-state index in [9.17, 15) is 31.1 Å². The minimum atomic E-state index is -5.67. The Morgan fingerprint density at radius 1 is 1.19 bits per heavy atom. The normalized spacial score (nSPS) is 13.1. The van der Waals surface area contributed by atoms with E-state index in [4.69, 9.17) is 0 Å². The van der Waals surface area contributed by atoms with Gasteiger partial charge in [0.15, 0.2) is 0 Å². The fourth-order valence-corrected chi connectivity index (χ4v) is 1.07. The van der Waals surface area contributed by atoms with Crippen LogP contribution in [0.2, 0.25) is 0 Å². The van der Waals surface area contributed by atoms with Crippen molar-refractivity contribution in [3.05, 3.63) is 0 Å². The first-order valence-corrected chi connectivity index (χ1v) is 6.70. The average Bonchev–Trinajstić information content (AvgIpc) is 2.08. The first-order valence-electron chi connectivity index (χ1n) is 3.57. The summed E-state index contributed by atoms with van der Waals surface area (Å²) in [6, 6.07) is 0. The third-order valence-electron chi connectivity index (χ3n) is 1.32. The topological polar surface area (TPSA) is 29.5 Å². The van der Waals surface area contributed by atoms with Crippen LogP contribution in [0.25, 0.3) is 0 Å². The van der Waals surface area contributed by atoms with E-state index in [0.717, 1.165) is 7.05 Å². The number of carbonyl (C=O) groups excluding carboxylic acids is 1. The molecule has 0 aromatic rings. The summed E-state index contributed by atoms with van der Waals surface area (Å²) in [7, 11) is 1.07. The van der Waals surface area contributed by atoms with Crippen LogP contribution >= 0.6 is 0 Å². The van der Waals surface area contributed by atoms with Crippen molar-refractivity contribution in [2.75, 3.05) is 12.0 Å². The van der Waals surface area contributed by atoms with Gasteiger partial charge in [0.2, 0.25) is 0 Å².